The van der Waals surface area contributed by atoms with Gasteiger partial charge in [-0.25, -0.2) is 0 Å². The lowest BCUT2D eigenvalue weighted by Gasteiger charge is -2.35. The molecule has 0 aromatic heterocycles. The molecule has 2 rings (SSSR count). The first-order valence-corrected chi connectivity index (χ1v) is 9.50. The SMILES string of the molecule is OCC1C(CO)C2(Br)C(Br)=C(Br)C1(Br)C2(Br)Br. The van der Waals surface area contributed by atoms with E-state index in [2.05, 4.69) is 95.6 Å². The van der Waals surface area contributed by atoms with E-state index < -0.39 is 11.9 Å². The summed E-state index contributed by atoms with van der Waals surface area (Å²) < 4.78 is 0.270. The average Bonchev–Trinajstić information content (AvgIpc) is 2.48. The number of rotatable bonds is 2. The van der Waals surface area contributed by atoms with Crippen LogP contribution in [0.15, 0.2) is 8.96 Å². The Kier molecular flexibility index (Phi) is 4.48. The lowest BCUT2D eigenvalue weighted by Crippen LogP contribution is -2.43. The second-order valence-electron chi connectivity index (χ2n) is 4.20. The van der Waals surface area contributed by atoms with Crippen LogP contribution in [0.25, 0.3) is 0 Å². The maximum absolute atomic E-state index is 9.64. The molecule has 2 aliphatic rings. The van der Waals surface area contributed by atoms with E-state index in [1.807, 2.05) is 0 Å². The Morgan fingerprint density at radius 1 is 0.824 bits per heavy atom. The Bertz CT molecular complexity index is 363. The van der Waals surface area contributed by atoms with Gasteiger partial charge >= 0.3 is 0 Å². The molecule has 0 aromatic carbocycles. The van der Waals surface area contributed by atoms with E-state index in [4.69, 9.17) is 0 Å². The summed E-state index contributed by atoms with van der Waals surface area (Å²) in [5.41, 5.74) is 0. The lowest BCUT2D eigenvalue weighted by atomic mass is 9.84. The molecule has 4 atom stereocenters. The van der Waals surface area contributed by atoms with Crippen LogP contribution in [0.1, 0.15) is 0 Å². The first kappa shape index (κ1) is 15.9. The van der Waals surface area contributed by atoms with Crippen molar-refractivity contribution in [3.8, 4) is 0 Å². The number of aliphatic hydroxyl groups is 2. The molecule has 4 unspecified atom stereocenters. The number of alkyl halides is 4. The molecule has 2 nitrogen and oxygen atoms in total. The van der Waals surface area contributed by atoms with Gasteiger partial charge in [0.25, 0.3) is 0 Å². The third-order valence-corrected chi connectivity index (χ3v) is 15.1. The molecule has 98 valence electrons. The Balaban J connectivity index is 2.72. The summed E-state index contributed by atoms with van der Waals surface area (Å²) in [7, 11) is 0. The average molecular weight is 628 g/mol. The molecule has 0 aliphatic heterocycles. The molecule has 2 bridgehead atoms. The zero-order valence-electron chi connectivity index (χ0n) is 8.23. The second kappa shape index (κ2) is 4.78. The van der Waals surface area contributed by atoms with E-state index in [0.717, 1.165) is 8.96 Å². The summed E-state index contributed by atoms with van der Waals surface area (Å²) in [6, 6.07) is 0. The summed E-state index contributed by atoms with van der Waals surface area (Å²) in [6.07, 6.45) is 0. The molecule has 0 amide bonds. The lowest BCUT2D eigenvalue weighted by molar-refractivity contribution is 0.125. The molecule has 0 heterocycles. The van der Waals surface area contributed by atoms with Gasteiger partial charge in [0.1, 0.15) is 3.23 Å². The summed E-state index contributed by atoms with van der Waals surface area (Å²) in [5, 5.41) is 19.3. The van der Waals surface area contributed by atoms with Gasteiger partial charge in [-0.3, -0.25) is 0 Å². The highest BCUT2D eigenvalue weighted by molar-refractivity contribution is 9.27. The Hall–Kier alpha value is 2.54. The van der Waals surface area contributed by atoms with Gasteiger partial charge in [0.15, 0.2) is 0 Å². The number of hydrogen-bond acceptors (Lipinski definition) is 2. The molecule has 1 saturated carbocycles. The minimum atomic E-state index is -0.543. The highest BCUT2D eigenvalue weighted by Crippen LogP contribution is 2.78. The molecule has 0 spiro atoms. The number of fused-ring (bicyclic) bond motifs is 2. The van der Waals surface area contributed by atoms with E-state index in [-0.39, 0.29) is 25.0 Å². The Labute approximate surface area is 150 Å². The summed E-state index contributed by atoms with van der Waals surface area (Å²) in [4.78, 5) is 0. The first-order valence-electron chi connectivity index (χ1n) is 4.74. The maximum atomic E-state index is 9.64. The summed E-state index contributed by atoms with van der Waals surface area (Å²) in [6.45, 7) is -0.0314. The second-order valence-corrected chi connectivity index (χ2v) is 11.7. The third kappa shape index (κ3) is 1.59. The van der Waals surface area contributed by atoms with E-state index in [9.17, 15) is 10.2 Å². The van der Waals surface area contributed by atoms with E-state index >= 15 is 0 Å². The molecule has 0 aromatic rings. The van der Waals surface area contributed by atoms with Crippen LogP contribution in [0.5, 0.6) is 0 Å². The normalized spacial score (nSPS) is 48.0. The molecule has 2 aliphatic carbocycles. The number of aliphatic hydroxyl groups excluding tert-OH is 2. The van der Waals surface area contributed by atoms with Crippen LogP contribution in [0.4, 0.5) is 0 Å². The molecular formula is C9H8Br6O2. The standard InChI is InChI=1S/C9H8Br6O2/c10-5-6(11)8(13)4(2-17)3(1-16)7(5,12)9(8,14)15/h3-4,16-17H,1-2H2. The Morgan fingerprint density at radius 2 is 1.12 bits per heavy atom. The van der Waals surface area contributed by atoms with Crippen molar-refractivity contribution in [1.29, 1.82) is 0 Å². The van der Waals surface area contributed by atoms with Crippen molar-refractivity contribution >= 4 is 95.6 Å². The van der Waals surface area contributed by atoms with Gasteiger partial charge in [-0.05, 0) is 0 Å². The van der Waals surface area contributed by atoms with Gasteiger partial charge in [0, 0.05) is 34.0 Å². The maximum Gasteiger partial charge on any atom is 0.121 e. The number of hydrogen-bond donors (Lipinski definition) is 2. The van der Waals surface area contributed by atoms with Crippen LogP contribution >= 0.6 is 95.6 Å². The van der Waals surface area contributed by atoms with Crippen LogP contribution in [0.3, 0.4) is 0 Å². The summed E-state index contributed by atoms with van der Waals surface area (Å²) in [5.74, 6) is -0.248. The molecule has 2 N–H and O–H groups in total. The fourth-order valence-electron chi connectivity index (χ4n) is 2.71. The van der Waals surface area contributed by atoms with Crippen LogP contribution in [0, 0.1) is 11.8 Å². The van der Waals surface area contributed by atoms with E-state index in [0.29, 0.717) is 0 Å². The van der Waals surface area contributed by atoms with Crippen LogP contribution < -0.4 is 0 Å². The summed E-state index contributed by atoms with van der Waals surface area (Å²) >= 11 is 22.0. The molecule has 1 fully saturated rings. The molecule has 0 saturated heterocycles. The van der Waals surface area contributed by atoms with Crippen molar-refractivity contribution in [2.45, 2.75) is 11.9 Å². The van der Waals surface area contributed by atoms with Gasteiger partial charge in [-0.15, -0.1) is 0 Å². The van der Waals surface area contributed by atoms with Crippen molar-refractivity contribution in [3.63, 3.8) is 0 Å². The molecule has 8 heteroatoms. The smallest absolute Gasteiger partial charge is 0.121 e. The molecular weight excluding hydrogens is 620 g/mol. The zero-order valence-corrected chi connectivity index (χ0v) is 17.7. The predicted molar refractivity (Wildman–Crippen MR) is 89.9 cm³/mol. The van der Waals surface area contributed by atoms with Crippen molar-refractivity contribution in [2.75, 3.05) is 13.2 Å². The zero-order chi connectivity index (χ0) is 13.2. The van der Waals surface area contributed by atoms with Gasteiger partial charge < -0.3 is 10.2 Å². The number of allylic oxidation sites excluding steroid dienone is 2. The van der Waals surface area contributed by atoms with Crippen molar-refractivity contribution in [2.24, 2.45) is 11.8 Å². The minimum Gasteiger partial charge on any atom is -0.396 e. The van der Waals surface area contributed by atoms with Gasteiger partial charge in [-0.1, -0.05) is 95.6 Å². The third-order valence-electron chi connectivity index (χ3n) is 3.65. The quantitative estimate of drug-likeness (QED) is 0.455. The van der Waals surface area contributed by atoms with Crippen molar-refractivity contribution in [1.82, 2.24) is 0 Å². The highest BCUT2D eigenvalue weighted by atomic mass is 79.9. The Morgan fingerprint density at radius 3 is 1.35 bits per heavy atom. The highest BCUT2D eigenvalue weighted by Gasteiger charge is 2.79. The molecule has 17 heavy (non-hydrogen) atoms. The predicted octanol–water partition coefficient (Wildman–Crippen LogP) is 3.99. The first-order chi connectivity index (χ1) is 7.71. The van der Waals surface area contributed by atoms with Crippen molar-refractivity contribution in [3.05, 3.63) is 8.96 Å². The largest absolute Gasteiger partial charge is 0.396 e. The minimum absolute atomic E-state index is 0.0157. The van der Waals surface area contributed by atoms with Crippen LogP contribution in [-0.4, -0.2) is 35.3 Å². The number of halogens is 6. The van der Waals surface area contributed by atoms with Crippen LogP contribution in [-0.2, 0) is 0 Å². The van der Waals surface area contributed by atoms with Gasteiger partial charge in [-0.2, -0.15) is 0 Å². The monoisotopic (exact) mass is 622 g/mol. The van der Waals surface area contributed by atoms with Gasteiger partial charge in [0.05, 0.1) is 8.65 Å². The van der Waals surface area contributed by atoms with E-state index in [1.54, 1.807) is 0 Å². The fourth-order valence-corrected chi connectivity index (χ4v) is 10.3. The van der Waals surface area contributed by atoms with E-state index in [1.165, 1.54) is 0 Å². The van der Waals surface area contributed by atoms with Crippen LogP contribution in [0.2, 0.25) is 0 Å². The van der Waals surface area contributed by atoms with Crippen molar-refractivity contribution < 1.29 is 10.2 Å². The molecule has 0 radical (unpaired) electrons. The van der Waals surface area contributed by atoms with Gasteiger partial charge in [0.2, 0.25) is 0 Å². The topological polar surface area (TPSA) is 40.5 Å². The fraction of sp³-hybridized carbons (Fsp3) is 0.778.